The van der Waals surface area contributed by atoms with Crippen LogP contribution in [0.15, 0.2) is 18.2 Å². The van der Waals surface area contributed by atoms with Crippen molar-refractivity contribution in [3.63, 3.8) is 0 Å². The molecule has 0 fully saturated rings. The van der Waals surface area contributed by atoms with E-state index in [0.717, 1.165) is 17.8 Å². The molecule has 0 saturated carbocycles. The van der Waals surface area contributed by atoms with Crippen molar-refractivity contribution in [2.45, 2.75) is 27.3 Å². The maximum absolute atomic E-state index is 4.65. The predicted octanol–water partition coefficient (Wildman–Crippen LogP) is 2.88. The smallest absolute Gasteiger partial charge is 0.0740 e. The highest BCUT2D eigenvalue weighted by molar-refractivity contribution is 5.86. The van der Waals surface area contributed by atoms with Gasteiger partial charge in [0, 0.05) is 17.6 Å². The number of aryl methyl sites for hydroxylation is 3. The molecule has 1 N–H and O–H groups in total. The molecule has 0 saturated heterocycles. The number of aromatic nitrogens is 1. The summed E-state index contributed by atoms with van der Waals surface area (Å²) in [6.07, 6.45) is 0. The Bertz CT molecular complexity index is 530. The van der Waals surface area contributed by atoms with E-state index in [-0.39, 0.29) is 0 Å². The van der Waals surface area contributed by atoms with Crippen molar-refractivity contribution in [2.75, 3.05) is 7.05 Å². The molecule has 1 aromatic heterocycles. The molecule has 1 aromatic carbocycles. The maximum atomic E-state index is 4.65. The van der Waals surface area contributed by atoms with Crippen molar-refractivity contribution >= 4 is 10.9 Å². The number of rotatable bonds is 2. The maximum Gasteiger partial charge on any atom is 0.0740 e. The second-order valence-corrected chi connectivity index (χ2v) is 4.36. The number of hydrogen-bond acceptors (Lipinski definition) is 2. The van der Waals surface area contributed by atoms with E-state index in [4.69, 9.17) is 0 Å². The van der Waals surface area contributed by atoms with Gasteiger partial charge < -0.3 is 5.32 Å². The lowest BCUT2D eigenvalue weighted by Gasteiger charge is -2.11. The monoisotopic (exact) mass is 214 g/mol. The quantitative estimate of drug-likeness (QED) is 0.831. The molecule has 0 unspecified atom stereocenters. The fraction of sp³-hybridized carbons (Fsp3) is 0.357. The average molecular weight is 214 g/mol. The average Bonchev–Trinajstić information content (AvgIpc) is 2.24. The first-order valence-corrected chi connectivity index (χ1v) is 5.64. The highest BCUT2D eigenvalue weighted by Gasteiger charge is 2.06. The van der Waals surface area contributed by atoms with Gasteiger partial charge in [-0.05, 0) is 50.6 Å². The van der Waals surface area contributed by atoms with Gasteiger partial charge in [-0.25, -0.2) is 0 Å². The van der Waals surface area contributed by atoms with Crippen LogP contribution in [0.2, 0.25) is 0 Å². The number of hydrogen-bond donors (Lipinski definition) is 1. The number of nitrogens with one attached hydrogen (secondary N) is 1. The van der Waals surface area contributed by atoms with Gasteiger partial charge in [0.05, 0.1) is 5.52 Å². The third-order valence-electron chi connectivity index (χ3n) is 3.09. The predicted molar refractivity (Wildman–Crippen MR) is 68.7 cm³/mol. The SMILES string of the molecule is CNCc1cc(C)nc2c(C)c(C)ccc12. The molecular weight excluding hydrogens is 196 g/mol. The summed E-state index contributed by atoms with van der Waals surface area (Å²) in [5.41, 5.74) is 6.16. The normalized spacial score (nSPS) is 11.0. The molecule has 2 heteroatoms. The van der Waals surface area contributed by atoms with Crippen LogP contribution < -0.4 is 5.32 Å². The molecule has 0 spiro atoms. The van der Waals surface area contributed by atoms with Crippen LogP contribution in [0, 0.1) is 20.8 Å². The van der Waals surface area contributed by atoms with E-state index in [0.29, 0.717) is 0 Å². The van der Waals surface area contributed by atoms with Crippen LogP contribution in [0.5, 0.6) is 0 Å². The topological polar surface area (TPSA) is 24.9 Å². The number of fused-ring (bicyclic) bond motifs is 1. The van der Waals surface area contributed by atoms with E-state index in [1.54, 1.807) is 0 Å². The first-order chi connectivity index (χ1) is 7.63. The summed E-state index contributed by atoms with van der Waals surface area (Å²) < 4.78 is 0. The molecule has 0 radical (unpaired) electrons. The van der Waals surface area contributed by atoms with Crippen LogP contribution >= 0.6 is 0 Å². The Morgan fingerprint density at radius 2 is 1.94 bits per heavy atom. The van der Waals surface area contributed by atoms with Crippen LogP contribution in [0.25, 0.3) is 10.9 Å². The minimum Gasteiger partial charge on any atom is -0.316 e. The minimum absolute atomic E-state index is 0.891. The lowest BCUT2D eigenvalue weighted by Crippen LogP contribution is -2.07. The van der Waals surface area contributed by atoms with Crippen LogP contribution in [0.1, 0.15) is 22.4 Å². The number of pyridine rings is 1. The Kier molecular flexibility index (Phi) is 2.92. The summed E-state index contributed by atoms with van der Waals surface area (Å²) in [4.78, 5) is 4.65. The van der Waals surface area contributed by atoms with Gasteiger partial charge in [-0.15, -0.1) is 0 Å². The van der Waals surface area contributed by atoms with Crippen molar-refractivity contribution in [2.24, 2.45) is 0 Å². The third-order valence-corrected chi connectivity index (χ3v) is 3.09. The highest BCUT2D eigenvalue weighted by Crippen LogP contribution is 2.23. The van der Waals surface area contributed by atoms with Gasteiger partial charge in [0.1, 0.15) is 0 Å². The zero-order valence-electron chi connectivity index (χ0n) is 10.4. The van der Waals surface area contributed by atoms with E-state index in [9.17, 15) is 0 Å². The highest BCUT2D eigenvalue weighted by atomic mass is 14.8. The zero-order chi connectivity index (χ0) is 11.7. The van der Waals surface area contributed by atoms with Gasteiger partial charge in [0.2, 0.25) is 0 Å². The largest absolute Gasteiger partial charge is 0.316 e. The summed E-state index contributed by atoms with van der Waals surface area (Å²) in [6, 6.07) is 6.51. The second-order valence-electron chi connectivity index (χ2n) is 4.36. The van der Waals surface area contributed by atoms with E-state index >= 15 is 0 Å². The molecule has 2 nitrogen and oxygen atoms in total. The molecule has 0 amide bonds. The summed E-state index contributed by atoms with van der Waals surface area (Å²) in [5.74, 6) is 0. The molecule has 16 heavy (non-hydrogen) atoms. The lowest BCUT2D eigenvalue weighted by atomic mass is 10.0. The summed E-state index contributed by atoms with van der Waals surface area (Å²) in [6.45, 7) is 7.23. The molecule has 0 aliphatic carbocycles. The third kappa shape index (κ3) is 1.81. The fourth-order valence-corrected chi connectivity index (χ4v) is 2.08. The lowest BCUT2D eigenvalue weighted by molar-refractivity contribution is 0.821. The summed E-state index contributed by atoms with van der Waals surface area (Å²) in [5, 5.41) is 4.48. The van der Waals surface area contributed by atoms with Crippen molar-refractivity contribution in [1.82, 2.24) is 10.3 Å². The molecule has 2 aromatic rings. The van der Waals surface area contributed by atoms with E-state index < -0.39 is 0 Å². The van der Waals surface area contributed by atoms with Gasteiger partial charge in [-0.3, -0.25) is 4.98 Å². The minimum atomic E-state index is 0.891. The first-order valence-electron chi connectivity index (χ1n) is 5.64. The van der Waals surface area contributed by atoms with Gasteiger partial charge in [0.25, 0.3) is 0 Å². The van der Waals surface area contributed by atoms with Crippen molar-refractivity contribution < 1.29 is 0 Å². The summed E-state index contributed by atoms with van der Waals surface area (Å²) in [7, 11) is 1.97. The van der Waals surface area contributed by atoms with Gasteiger partial charge in [0.15, 0.2) is 0 Å². The summed E-state index contributed by atoms with van der Waals surface area (Å²) >= 11 is 0. The van der Waals surface area contributed by atoms with Gasteiger partial charge in [-0.1, -0.05) is 12.1 Å². The Morgan fingerprint density at radius 3 is 2.62 bits per heavy atom. The fourth-order valence-electron chi connectivity index (χ4n) is 2.08. The van der Waals surface area contributed by atoms with Crippen molar-refractivity contribution in [3.05, 3.63) is 40.6 Å². The number of nitrogens with zero attached hydrogens (tertiary/aromatic N) is 1. The second kappa shape index (κ2) is 4.22. The first kappa shape index (κ1) is 11.1. The standard InChI is InChI=1S/C14H18N2/c1-9-5-6-13-12(8-15-4)7-10(2)16-14(13)11(9)3/h5-7,15H,8H2,1-4H3. The van der Waals surface area contributed by atoms with Crippen LogP contribution in [-0.2, 0) is 6.54 Å². The zero-order valence-corrected chi connectivity index (χ0v) is 10.4. The van der Waals surface area contributed by atoms with E-state index in [1.165, 1.54) is 22.1 Å². The molecule has 84 valence electrons. The van der Waals surface area contributed by atoms with Crippen LogP contribution in [0.4, 0.5) is 0 Å². The molecule has 1 heterocycles. The van der Waals surface area contributed by atoms with Crippen LogP contribution in [0.3, 0.4) is 0 Å². The number of benzene rings is 1. The molecule has 0 aliphatic rings. The Labute approximate surface area is 96.7 Å². The Hall–Kier alpha value is -1.41. The molecule has 0 aliphatic heterocycles. The Morgan fingerprint density at radius 1 is 1.19 bits per heavy atom. The van der Waals surface area contributed by atoms with E-state index in [2.05, 4.69) is 49.3 Å². The van der Waals surface area contributed by atoms with Crippen molar-refractivity contribution in [3.8, 4) is 0 Å². The van der Waals surface area contributed by atoms with Gasteiger partial charge in [-0.2, -0.15) is 0 Å². The molecular formula is C14H18N2. The Balaban J connectivity index is 2.78. The van der Waals surface area contributed by atoms with E-state index in [1.807, 2.05) is 7.05 Å². The van der Waals surface area contributed by atoms with Crippen molar-refractivity contribution in [1.29, 1.82) is 0 Å². The molecule has 0 atom stereocenters. The van der Waals surface area contributed by atoms with Crippen LogP contribution in [-0.4, -0.2) is 12.0 Å². The molecule has 2 rings (SSSR count). The molecule has 0 bridgehead atoms. The van der Waals surface area contributed by atoms with Gasteiger partial charge >= 0.3 is 0 Å².